The number of nitrogens with zero attached hydrogens (tertiary/aromatic N) is 1. The third-order valence-electron chi connectivity index (χ3n) is 4.76. The lowest BCUT2D eigenvalue weighted by Gasteiger charge is -2.18. The predicted octanol–water partition coefficient (Wildman–Crippen LogP) is 2.30. The molecule has 1 aliphatic heterocycles. The molecule has 1 saturated carbocycles. The van der Waals surface area contributed by atoms with Crippen molar-refractivity contribution < 1.29 is 4.79 Å². The van der Waals surface area contributed by atoms with Crippen molar-refractivity contribution in [2.45, 2.75) is 25.9 Å². The molecule has 126 valence electrons. The molecule has 1 aliphatic carbocycles. The van der Waals surface area contributed by atoms with Crippen LogP contribution in [0.1, 0.15) is 18.4 Å². The highest BCUT2D eigenvalue weighted by molar-refractivity contribution is 5.82. The first-order chi connectivity index (χ1) is 12.1. The Balaban J connectivity index is 1.65. The zero-order chi connectivity index (χ0) is 17.4. The van der Waals surface area contributed by atoms with Gasteiger partial charge < -0.3 is 10.6 Å². The van der Waals surface area contributed by atoms with Crippen molar-refractivity contribution in [1.29, 1.82) is 5.53 Å². The van der Waals surface area contributed by atoms with Gasteiger partial charge in [-0.25, -0.2) is 5.53 Å². The van der Waals surface area contributed by atoms with Crippen molar-refractivity contribution >= 4 is 23.9 Å². The van der Waals surface area contributed by atoms with Gasteiger partial charge in [0.25, 0.3) is 0 Å². The SMILES string of the molecule is Cc1ccc(N=N)cc1-c1ccc2c(c1)=CNC(NC(=O)C1CC1)C=2. The van der Waals surface area contributed by atoms with Gasteiger partial charge in [0.1, 0.15) is 6.17 Å². The Kier molecular flexibility index (Phi) is 3.84. The Morgan fingerprint density at radius 3 is 2.80 bits per heavy atom. The zero-order valence-corrected chi connectivity index (χ0v) is 14.0. The second-order valence-electron chi connectivity index (χ2n) is 6.69. The molecule has 3 N–H and O–H groups in total. The van der Waals surface area contributed by atoms with Gasteiger partial charge in [-0.15, -0.1) is 0 Å². The Bertz CT molecular complexity index is 976. The summed E-state index contributed by atoms with van der Waals surface area (Å²) in [7, 11) is 0. The second kappa shape index (κ2) is 6.16. The van der Waals surface area contributed by atoms with E-state index >= 15 is 0 Å². The van der Waals surface area contributed by atoms with Gasteiger partial charge in [-0.3, -0.25) is 4.79 Å². The van der Waals surface area contributed by atoms with Crippen molar-refractivity contribution in [2.75, 3.05) is 0 Å². The molecule has 25 heavy (non-hydrogen) atoms. The number of carbonyl (C=O) groups is 1. The Morgan fingerprint density at radius 2 is 2.04 bits per heavy atom. The average molecular weight is 332 g/mol. The van der Waals surface area contributed by atoms with E-state index in [1.807, 2.05) is 30.5 Å². The number of rotatable bonds is 4. The summed E-state index contributed by atoms with van der Waals surface area (Å²) in [5, 5.41) is 12.0. The van der Waals surface area contributed by atoms with E-state index in [1.165, 1.54) is 0 Å². The van der Waals surface area contributed by atoms with E-state index in [0.717, 1.165) is 40.0 Å². The lowest BCUT2D eigenvalue weighted by atomic mass is 9.98. The number of nitrogens with one attached hydrogen (secondary N) is 3. The monoisotopic (exact) mass is 332 g/mol. The van der Waals surface area contributed by atoms with Gasteiger partial charge in [-0.1, -0.05) is 18.2 Å². The highest BCUT2D eigenvalue weighted by Gasteiger charge is 2.30. The van der Waals surface area contributed by atoms with Crippen molar-refractivity contribution in [2.24, 2.45) is 11.0 Å². The number of hydrogen-bond donors (Lipinski definition) is 3. The lowest BCUT2D eigenvalue weighted by Crippen LogP contribution is -2.48. The number of carbonyl (C=O) groups excluding carboxylic acids is 1. The largest absolute Gasteiger partial charge is 0.368 e. The molecule has 5 nitrogen and oxygen atoms in total. The van der Waals surface area contributed by atoms with Gasteiger partial charge in [0, 0.05) is 12.1 Å². The molecule has 2 aromatic carbocycles. The molecule has 1 atom stereocenters. The van der Waals surface area contributed by atoms with E-state index in [1.54, 1.807) is 0 Å². The van der Waals surface area contributed by atoms with Crippen LogP contribution in [0.3, 0.4) is 0 Å². The topological polar surface area (TPSA) is 77.3 Å². The molecule has 1 unspecified atom stereocenters. The highest BCUT2D eigenvalue weighted by Crippen LogP contribution is 2.29. The average Bonchev–Trinajstić information content (AvgIpc) is 3.47. The van der Waals surface area contributed by atoms with Crippen LogP contribution in [0.15, 0.2) is 41.5 Å². The predicted molar refractivity (Wildman–Crippen MR) is 97.4 cm³/mol. The van der Waals surface area contributed by atoms with Crippen LogP contribution in [0.5, 0.6) is 0 Å². The summed E-state index contributed by atoms with van der Waals surface area (Å²) in [5.74, 6) is 0.338. The summed E-state index contributed by atoms with van der Waals surface area (Å²) < 4.78 is 0. The molecule has 1 amide bonds. The normalized spacial score (nSPS) is 18.2. The van der Waals surface area contributed by atoms with Crippen molar-refractivity contribution in [3.05, 3.63) is 52.4 Å². The van der Waals surface area contributed by atoms with Crippen LogP contribution in [-0.4, -0.2) is 12.1 Å². The second-order valence-corrected chi connectivity index (χ2v) is 6.69. The molecule has 2 aromatic rings. The van der Waals surface area contributed by atoms with E-state index in [-0.39, 0.29) is 18.0 Å². The van der Waals surface area contributed by atoms with Crippen LogP contribution in [0.4, 0.5) is 5.69 Å². The maximum atomic E-state index is 11.9. The third-order valence-corrected chi connectivity index (χ3v) is 4.76. The Hall–Kier alpha value is -2.95. The molecule has 0 radical (unpaired) electrons. The number of aryl methyl sites for hydroxylation is 1. The first-order valence-electron chi connectivity index (χ1n) is 8.51. The van der Waals surface area contributed by atoms with Gasteiger partial charge in [-0.2, -0.15) is 5.11 Å². The summed E-state index contributed by atoms with van der Waals surface area (Å²) >= 11 is 0. The smallest absolute Gasteiger partial charge is 0.224 e. The summed E-state index contributed by atoms with van der Waals surface area (Å²) in [5.41, 5.74) is 11.2. The lowest BCUT2D eigenvalue weighted by molar-refractivity contribution is -0.122. The van der Waals surface area contributed by atoms with Crippen molar-refractivity contribution in [3.63, 3.8) is 0 Å². The number of fused-ring (bicyclic) bond motifs is 1. The van der Waals surface area contributed by atoms with E-state index in [0.29, 0.717) is 5.69 Å². The van der Waals surface area contributed by atoms with Gasteiger partial charge in [-0.05, 0) is 71.2 Å². The fourth-order valence-corrected chi connectivity index (χ4v) is 3.12. The molecular formula is C20H20N4O. The molecular weight excluding hydrogens is 312 g/mol. The van der Waals surface area contributed by atoms with Gasteiger partial charge in [0.2, 0.25) is 5.91 Å². The van der Waals surface area contributed by atoms with Crippen LogP contribution in [0, 0.1) is 18.4 Å². The molecule has 4 rings (SSSR count). The minimum absolute atomic E-state index is 0.133. The van der Waals surface area contributed by atoms with Crippen LogP contribution >= 0.6 is 0 Å². The molecule has 0 saturated heterocycles. The minimum atomic E-state index is -0.154. The highest BCUT2D eigenvalue weighted by atomic mass is 16.2. The van der Waals surface area contributed by atoms with Crippen molar-refractivity contribution in [1.82, 2.24) is 10.6 Å². The maximum absolute atomic E-state index is 11.9. The maximum Gasteiger partial charge on any atom is 0.224 e. The number of hydrogen-bond acceptors (Lipinski definition) is 4. The standard InChI is InChI=1S/C20H20N4O/c1-12-2-7-17(24-21)10-18(12)15-6-5-14-9-19(22-11-16(14)8-15)23-20(25)13-3-4-13/h2,5-11,13,19,21-22H,3-4H2,1H3,(H,23,25). The van der Waals surface area contributed by atoms with Gasteiger partial charge in [0.05, 0.1) is 5.69 Å². The van der Waals surface area contributed by atoms with E-state index in [4.69, 9.17) is 5.53 Å². The molecule has 5 heteroatoms. The summed E-state index contributed by atoms with van der Waals surface area (Å²) in [6, 6.07) is 12.0. The minimum Gasteiger partial charge on any atom is -0.368 e. The third kappa shape index (κ3) is 3.18. The van der Waals surface area contributed by atoms with E-state index in [9.17, 15) is 4.79 Å². The Morgan fingerprint density at radius 1 is 1.20 bits per heavy atom. The van der Waals surface area contributed by atoms with Crippen LogP contribution in [0.2, 0.25) is 0 Å². The summed E-state index contributed by atoms with van der Waals surface area (Å²) in [6.45, 7) is 2.06. The summed E-state index contributed by atoms with van der Waals surface area (Å²) in [4.78, 5) is 11.9. The first-order valence-corrected chi connectivity index (χ1v) is 8.51. The quantitative estimate of drug-likeness (QED) is 0.751. The first kappa shape index (κ1) is 15.6. The van der Waals surface area contributed by atoms with Gasteiger partial charge >= 0.3 is 0 Å². The molecule has 2 aliphatic rings. The number of benzene rings is 2. The zero-order valence-electron chi connectivity index (χ0n) is 14.0. The van der Waals surface area contributed by atoms with E-state index in [2.05, 4.69) is 40.9 Å². The van der Waals surface area contributed by atoms with E-state index < -0.39 is 0 Å². The van der Waals surface area contributed by atoms with Crippen LogP contribution in [0.25, 0.3) is 23.4 Å². The fourth-order valence-electron chi connectivity index (χ4n) is 3.12. The Labute approximate surface area is 146 Å². The summed E-state index contributed by atoms with van der Waals surface area (Å²) in [6.07, 6.45) is 5.85. The molecule has 0 aromatic heterocycles. The molecule has 0 bridgehead atoms. The van der Waals surface area contributed by atoms with Crippen LogP contribution < -0.4 is 21.1 Å². The van der Waals surface area contributed by atoms with Gasteiger partial charge in [0.15, 0.2) is 0 Å². The molecule has 0 spiro atoms. The van der Waals surface area contributed by atoms with Crippen LogP contribution in [-0.2, 0) is 4.79 Å². The molecule has 1 heterocycles. The van der Waals surface area contributed by atoms with Crippen molar-refractivity contribution in [3.8, 4) is 11.1 Å². The molecule has 1 fully saturated rings. The number of amides is 1. The fraction of sp³-hybridized carbons (Fsp3) is 0.250.